The summed E-state index contributed by atoms with van der Waals surface area (Å²) in [6, 6.07) is 8.58. The first-order valence-corrected chi connectivity index (χ1v) is 12.0. The molecule has 33 heavy (non-hydrogen) atoms. The third kappa shape index (κ3) is 3.65. The molecule has 4 heterocycles. The fourth-order valence-electron chi connectivity index (χ4n) is 3.87. The van der Waals surface area contributed by atoms with Crippen LogP contribution in [0.15, 0.2) is 40.3 Å². The number of ether oxygens (including phenoxy) is 2. The molecular weight excluding hydrogens is 464 g/mol. The first-order chi connectivity index (χ1) is 15.8. The predicted molar refractivity (Wildman–Crippen MR) is 124 cm³/mol. The highest BCUT2D eigenvalue weighted by Crippen LogP contribution is 2.38. The van der Waals surface area contributed by atoms with Gasteiger partial charge in [-0.05, 0) is 31.5 Å². The number of esters is 1. The Morgan fingerprint density at radius 3 is 2.73 bits per heavy atom. The zero-order valence-corrected chi connectivity index (χ0v) is 19.8. The summed E-state index contributed by atoms with van der Waals surface area (Å²) in [5.74, 6) is -0.781. The summed E-state index contributed by atoms with van der Waals surface area (Å²) < 4.78 is 13.4. The van der Waals surface area contributed by atoms with Gasteiger partial charge in [-0.2, -0.15) is 0 Å². The van der Waals surface area contributed by atoms with Crippen LogP contribution in [-0.4, -0.2) is 49.5 Å². The maximum Gasteiger partial charge on any atom is 0.316 e. The van der Waals surface area contributed by atoms with Crippen molar-refractivity contribution in [1.82, 2.24) is 19.2 Å². The molecule has 0 saturated heterocycles. The van der Waals surface area contributed by atoms with Gasteiger partial charge in [-0.15, -0.1) is 21.5 Å². The van der Waals surface area contributed by atoms with Gasteiger partial charge in [0.2, 0.25) is 5.78 Å². The Morgan fingerprint density at radius 2 is 2.00 bits per heavy atom. The molecule has 0 aliphatic carbocycles. The fourth-order valence-corrected chi connectivity index (χ4v) is 5.92. The van der Waals surface area contributed by atoms with E-state index < -0.39 is 23.0 Å². The van der Waals surface area contributed by atoms with Crippen molar-refractivity contribution in [3.05, 3.63) is 56.7 Å². The van der Waals surface area contributed by atoms with Gasteiger partial charge < -0.3 is 9.47 Å². The Balaban J connectivity index is 1.81. The molecule has 0 saturated carbocycles. The van der Waals surface area contributed by atoms with Crippen LogP contribution in [0.4, 0.5) is 0 Å². The summed E-state index contributed by atoms with van der Waals surface area (Å²) in [5, 5.41) is 9.23. The molecule has 170 valence electrons. The van der Waals surface area contributed by atoms with Crippen molar-refractivity contribution in [2.45, 2.75) is 37.6 Å². The highest BCUT2D eigenvalue weighted by atomic mass is 32.2. The van der Waals surface area contributed by atoms with Crippen LogP contribution in [0, 0.1) is 0 Å². The van der Waals surface area contributed by atoms with Gasteiger partial charge in [-0.1, -0.05) is 30.0 Å². The maximum absolute atomic E-state index is 13.8. The Kier molecular flexibility index (Phi) is 5.34. The lowest BCUT2D eigenvalue weighted by atomic mass is 9.94. The molecule has 1 aromatic carbocycles. The van der Waals surface area contributed by atoms with E-state index in [1.165, 1.54) is 18.4 Å². The second-order valence-electron chi connectivity index (χ2n) is 8.20. The topological polar surface area (TPSA) is 105 Å². The summed E-state index contributed by atoms with van der Waals surface area (Å²) in [6.45, 7) is 4.33. The van der Waals surface area contributed by atoms with Crippen molar-refractivity contribution in [1.29, 1.82) is 0 Å². The fraction of sp³-hybridized carbons (Fsp3) is 0.318. The Bertz CT molecular complexity index is 1470. The summed E-state index contributed by atoms with van der Waals surface area (Å²) >= 11 is 2.56. The molecule has 0 atom stereocenters. The number of nitrogens with zero attached hydrogens (tertiary/aromatic N) is 4. The highest BCUT2D eigenvalue weighted by molar-refractivity contribution is 7.99. The van der Waals surface area contributed by atoms with Gasteiger partial charge in [0.1, 0.15) is 4.83 Å². The smallest absolute Gasteiger partial charge is 0.316 e. The molecule has 9 nitrogen and oxygen atoms in total. The second kappa shape index (κ2) is 8.08. The standard InChI is InChI=1S/C22H20N4O5S2/c1-22(2)9-13-14(10-31-22)33-19-16(13)18(29)25(17(28)12-7-5-4-6-8-12)20-23-24-21(26(19)20)32-11-15(27)30-3/h4-8H,9-11H2,1-3H3. The van der Waals surface area contributed by atoms with Crippen molar-refractivity contribution in [3.63, 3.8) is 0 Å². The van der Waals surface area contributed by atoms with E-state index in [1.54, 1.807) is 34.7 Å². The van der Waals surface area contributed by atoms with E-state index >= 15 is 0 Å². The minimum atomic E-state index is -0.490. The zero-order chi connectivity index (χ0) is 23.3. The van der Waals surface area contributed by atoms with Crippen LogP contribution in [0.25, 0.3) is 16.0 Å². The minimum absolute atomic E-state index is 0.0196. The van der Waals surface area contributed by atoms with Gasteiger partial charge in [-0.3, -0.25) is 14.4 Å². The monoisotopic (exact) mass is 484 g/mol. The molecule has 0 spiro atoms. The van der Waals surface area contributed by atoms with Gasteiger partial charge in [0.25, 0.3) is 11.5 Å². The number of rotatable bonds is 4. The van der Waals surface area contributed by atoms with Crippen LogP contribution in [-0.2, 0) is 27.3 Å². The van der Waals surface area contributed by atoms with Crippen molar-refractivity contribution in [2.75, 3.05) is 12.9 Å². The van der Waals surface area contributed by atoms with E-state index in [2.05, 4.69) is 10.2 Å². The van der Waals surface area contributed by atoms with E-state index in [0.717, 1.165) is 26.8 Å². The minimum Gasteiger partial charge on any atom is -0.468 e. The number of carbonyl (C=O) groups is 2. The Labute approximate surface area is 196 Å². The van der Waals surface area contributed by atoms with E-state index in [9.17, 15) is 14.4 Å². The second-order valence-corrected chi connectivity index (χ2v) is 10.2. The molecule has 0 radical (unpaired) electrons. The van der Waals surface area contributed by atoms with E-state index in [0.29, 0.717) is 34.0 Å². The summed E-state index contributed by atoms with van der Waals surface area (Å²) in [5.41, 5.74) is 0.371. The molecule has 5 rings (SSSR count). The average Bonchev–Trinajstić information content (AvgIpc) is 3.38. The number of carbonyl (C=O) groups excluding carboxylic acids is 2. The first kappa shape index (κ1) is 21.8. The molecule has 0 bridgehead atoms. The third-order valence-corrected chi connectivity index (χ3v) is 7.57. The number of aromatic nitrogens is 4. The molecule has 4 aromatic rings. The lowest BCUT2D eigenvalue weighted by Crippen LogP contribution is -2.33. The first-order valence-electron chi connectivity index (χ1n) is 10.2. The van der Waals surface area contributed by atoms with Crippen molar-refractivity contribution in [2.24, 2.45) is 0 Å². The molecule has 0 unspecified atom stereocenters. The van der Waals surface area contributed by atoms with Crippen molar-refractivity contribution in [3.8, 4) is 0 Å². The van der Waals surface area contributed by atoms with E-state index in [4.69, 9.17) is 9.47 Å². The van der Waals surface area contributed by atoms with Crippen molar-refractivity contribution >= 4 is 51.0 Å². The van der Waals surface area contributed by atoms with Gasteiger partial charge in [0, 0.05) is 16.9 Å². The molecule has 0 amide bonds. The number of hydrogen-bond acceptors (Lipinski definition) is 9. The highest BCUT2D eigenvalue weighted by Gasteiger charge is 2.33. The number of hydrogen-bond donors (Lipinski definition) is 0. The maximum atomic E-state index is 13.8. The quantitative estimate of drug-likeness (QED) is 0.322. The normalized spacial score (nSPS) is 15.0. The van der Waals surface area contributed by atoms with Gasteiger partial charge in [-0.25, -0.2) is 8.97 Å². The summed E-state index contributed by atoms with van der Waals surface area (Å²) in [6.07, 6.45) is 0.537. The summed E-state index contributed by atoms with van der Waals surface area (Å²) in [7, 11) is 1.31. The van der Waals surface area contributed by atoms with Crippen LogP contribution < -0.4 is 5.56 Å². The van der Waals surface area contributed by atoms with Gasteiger partial charge in [0.05, 0.1) is 30.5 Å². The molecule has 11 heteroatoms. The molecular formula is C22H20N4O5S2. The summed E-state index contributed by atoms with van der Waals surface area (Å²) in [4.78, 5) is 40.5. The predicted octanol–water partition coefficient (Wildman–Crippen LogP) is 2.91. The lowest BCUT2D eigenvalue weighted by Gasteiger charge is -2.29. The number of thiophene rings is 1. The zero-order valence-electron chi connectivity index (χ0n) is 18.2. The van der Waals surface area contributed by atoms with Crippen LogP contribution in [0.1, 0.15) is 34.6 Å². The Hall–Kier alpha value is -3.02. The van der Waals surface area contributed by atoms with Gasteiger partial charge in [0.15, 0.2) is 5.16 Å². The molecule has 0 N–H and O–H groups in total. The SMILES string of the molecule is COC(=O)CSc1nnc2n(C(=O)c3ccccc3)c(=O)c3c4c(sc3n12)COC(C)(C)C4. The number of fused-ring (bicyclic) bond motifs is 5. The van der Waals surface area contributed by atoms with Crippen LogP contribution >= 0.6 is 23.1 Å². The van der Waals surface area contributed by atoms with E-state index in [-0.39, 0.29) is 11.5 Å². The van der Waals surface area contributed by atoms with Gasteiger partial charge >= 0.3 is 5.97 Å². The number of thioether (sulfide) groups is 1. The van der Waals surface area contributed by atoms with Crippen LogP contribution in [0.3, 0.4) is 0 Å². The molecule has 3 aromatic heterocycles. The van der Waals surface area contributed by atoms with Crippen molar-refractivity contribution < 1.29 is 19.1 Å². The largest absolute Gasteiger partial charge is 0.468 e. The van der Waals surface area contributed by atoms with E-state index in [1.807, 2.05) is 13.8 Å². The molecule has 1 aliphatic heterocycles. The number of methoxy groups -OCH3 is 1. The number of benzene rings is 1. The third-order valence-electron chi connectivity index (χ3n) is 5.48. The Morgan fingerprint density at radius 1 is 1.24 bits per heavy atom. The average molecular weight is 485 g/mol. The lowest BCUT2D eigenvalue weighted by molar-refractivity contribution is -0.137. The molecule has 1 aliphatic rings. The molecule has 0 fully saturated rings. The van der Waals surface area contributed by atoms with Crippen LogP contribution in [0.2, 0.25) is 0 Å². The van der Waals surface area contributed by atoms with Crippen LogP contribution in [0.5, 0.6) is 0 Å².